The van der Waals surface area contributed by atoms with Gasteiger partial charge in [0.15, 0.2) is 0 Å². The SMILES string of the molecule is Fc1ccccc1COc1ccc(Br)cc1/C=N\Nc1nc(Nc2ccccc2)nc(Nc2ccccc2)n1. The van der Waals surface area contributed by atoms with Crippen LogP contribution in [-0.2, 0) is 6.61 Å². The fraction of sp³-hybridized carbons (Fsp3) is 0.0345. The van der Waals surface area contributed by atoms with Crippen molar-refractivity contribution in [2.45, 2.75) is 6.61 Å². The number of halogens is 2. The van der Waals surface area contributed by atoms with E-state index < -0.39 is 0 Å². The summed E-state index contributed by atoms with van der Waals surface area (Å²) >= 11 is 3.48. The van der Waals surface area contributed by atoms with Gasteiger partial charge in [0.2, 0.25) is 17.8 Å². The van der Waals surface area contributed by atoms with Gasteiger partial charge in [0.1, 0.15) is 18.2 Å². The van der Waals surface area contributed by atoms with E-state index in [9.17, 15) is 4.39 Å². The van der Waals surface area contributed by atoms with Crippen LogP contribution < -0.4 is 20.8 Å². The first-order chi connectivity index (χ1) is 19.1. The lowest BCUT2D eigenvalue weighted by Crippen LogP contribution is -2.07. The topological polar surface area (TPSA) is 96.4 Å². The molecule has 0 amide bonds. The second-order valence-electron chi connectivity index (χ2n) is 8.22. The lowest BCUT2D eigenvalue weighted by molar-refractivity contribution is 0.299. The fourth-order valence-corrected chi connectivity index (χ4v) is 3.90. The lowest BCUT2D eigenvalue weighted by Gasteiger charge is -2.11. The van der Waals surface area contributed by atoms with E-state index in [0.29, 0.717) is 28.8 Å². The summed E-state index contributed by atoms with van der Waals surface area (Å²) in [6.45, 7) is 0.0824. The Labute approximate surface area is 233 Å². The van der Waals surface area contributed by atoms with Gasteiger partial charge in [-0.3, -0.25) is 0 Å². The van der Waals surface area contributed by atoms with Crippen molar-refractivity contribution in [1.29, 1.82) is 0 Å². The van der Waals surface area contributed by atoms with E-state index >= 15 is 0 Å². The molecule has 4 aromatic carbocycles. The molecule has 1 aromatic heterocycles. The van der Waals surface area contributed by atoms with Crippen LogP contribution in [0.3, 0.4) is 0 Å². The number of nitrogens with one attached hydrogen (secondary N) is 3. The molecule has 0 aliphatic carbocycles. The highest BCUT2D eigenvalue weighted by Gasteiger charge is 2.09. The maximum atomic E-state index is 14.0. The maximum absolute atomic E-state index is 14.0. The van der Waals surface area contributed by atoms with Gasteiger partial charge in [-0.1, -0.05) is 70.5 Å². The third-order valence-electron chi connectivity index (χ3n) is 5.38. The Bertz CT molecular complexity index is 1510. The highest BCUT2D eigenvalue weighted by atomic mass is 79.9. The molecule has 0 radical (unpaired) electrons. The van der Waals surface area contributed by atoms with Gasteiger partial charge in [0, 0.05) is 27.0 Å². The van der Waals surface area contributed by atoms with Crippen molar-refractivity contribution in [3.63, 3.8) is 0 Å². The molecular weight excluding hydrogens is 561 g/mol. The summed E-state index contributed by atoms with van der Waals surface area (Å²) in [4.78, 5) is 13.4. The Morgan fingerprint density at radius 3 is 1.97 bits per heavy atom. The van der Waals surface area contributed by atoms with Crippen molar-refractivity contribution in [3.8, 4) is 5.75 Å². The first-order valence-corrected chi connectivity index (χ1v) is 12.8. The molecule has 0 aliphatic rings. The minimum Gasteiger partial charge on any atom is -0.488 e. The first-order valence-electron chi connectivity index (χ1n) is 12.0. The van der Waals surface area contributed by atoms with Gasteiger partial charge in [-0.05, 0) is 48.5 Å². The number of anilines is 5. The number of nitrogens with zero attached hydrogens (tertiary/aromatic N) is 4. The second-order valence-corrected chi connectivity index (χ2v) is 9.14. The summed E-state index contributed by atoms with van der Waals surface area (Å²) in [6.07, 6.45) is 1.58. The van der Waals surface area contributed by atoms with Crippen LogP contribution in [0, 0.1) is 5.82 Å². The summed E-state index contributed by atoms with van der Waals surface area (Å²) < 4.78 is 20.8. The number of hydrazone groups is 1. The fourth-order valence-electron chi connectivity index (χ4n) is 3.52. The molecule has 0 aliphatic heterocycles. The second kappa shape index (κ2) is 12.6. The average molecular weight is 584 g/mol. The van der Waals surface area contributed by atoms with Gasteiger partial charge in [-0.2, -0.15) is 20.1 Å². The monoisotopic (exact) mass is 583 g/mol. The molecule has 194 valence electrons. The van der Waals surface area contributed by atoms with E-state index in [-0.39, 0.29) is 18.4 Å². The first kappa shape index (κ1) is 25.8. The van der Waals surface area contributed by atoms with E-state index in [2.05, 4.69) is 52.0 Å². The quantitative estimate of drug-likeness (QED) is 0.117. The van der Waals surface area contributed by atoms with Gasteiger partial charge in [-0.25, -0.2) is 9.82 Å². The van der Waals surface area contributed by atoms with E-state index in [1.165, 1.54) is 6.07 Å². The average Bonchev–Trinajstić information content (AvgIpc) is 2.94. The Morgan fingerprint density at radius 2 is 1.33 bits per heavy atom. The van der Waals surface area contributed by atoms with Crippen LogP contribution in [0.1, 0.15) is 11.1 Å². The summed E-state index contributed by atoms with van der Waals surface area (Å²) in [6, 6.07) is 31.2. The Hall–Kier alpha value is -4.83. The van der Waals surface area contributed by atoms with Crippen molar-refractivity contribution in [2.24, 2.45) is 5.10 Å². The summed E-state index contributed by atoms with van der Waals surface area (Å²) in [5.41, 5.74) is 5.66. The molecule has 0 spiro atoms. The molecule has 39 heavy (non-hydrogen) atoms. The van der Waals surface area contributed by atoms with Crippen molar-refractivity contribution in [1.82, 2.24) is 15.0 Å². The number of ether oxygens (including phenoxy) is 1. The van der Waals surface area contributed by atoms with E-state index in [1.807, 2.05) is 72.8 Å². The molecule has 3 N–H and O–H groups in total. The molecule has 5 aromatic rings. The molecule has 0 fully saturated rings. The largest absolute Gasteiger partial charge is 0.488 e. The highest BCUT2D eigenvalue weighted by Crippen LogP contribution is 2.24. The zero-order valence-electron chi connectivity index (χ0n) is 20.6. The minimum absolute atomic E-state index is 0.0824. The van der Waals surface area contributed by atoms with Crippen molar-refractivity contribution in [3.05, 3.63) is 125 Å². The minimum atomic E-state index is -0.318. The standard InChI is InChI=1S/C29H23BrFN7O/c30-22-15-16-26(39-19-20-9-7-8-14-25(20)31)21(17-22)18-32-38-29-36-27(33-23-10-3-1-4-11-23)35-28(37-29)34-24-12-5-2-6-13-24/h1-18H,19H2,(H3,33,34,35,36,37,38)/b32-18-. The van der Waals surface area contributed by atoms with Crippen LogP contribution in [-0.4, -0.2) is 21.2 Å². The zero-order valence-corrected chi connectivity index (χ0v) is 22.1. The molecule has 0 atom stereocenters. The zero-order chi connectivity index (χ0) is 26.9. The Morgan fingerprint density at radius 1 is 0.744 bits per heavy atom. The van der Waals surface area contributed by atoms with Crippen LogP contribution in [0.15, 0.2) is 113 Å². The third-order valence-corrected chi connectivity index (χ3v) is 5.87. The molecule has 5 rings (SSSR count). The normalized spacial score (nSPS) is 10.8. The predicted molar refractivity (Wildman–Crippen MR) is 155 cm³/mol. The van der Waals surface area contributed by atoms with Crippen molar-refractivity contribution in [2.75, 3.05) is 16.1 Å². The van der Waals surface area contributed by atoms with Crippen LogP contribution in [0.4, 0.5) is 33.6 Å². The Balaban J connectivity index is 1.35. The highest BCUT2D eigenvalue weighted by molar-refractivity contribution is 9.10. The molecule has 0 unspecified atom stereocenters. The van der Waals surface area contributed by atoms with E-state index in [0.717, 1.165) is 15.8 Å². The lowest BCUT2D eigenvalue weighted by atomic mass is 10.2. The predicted octanol–water partition coefficient (Wildman–Crippen LogP) is 7.29. The Kier molecular flexibility index (Phi) is 8.35. The van der Waals surface area contributed by atoms with E-state index in [4.69, 9.17) is 4.74 Å². The third kappa shape index (κ3) is 7.36. The number of rotatable bonds is 10. The van der Waals surface area contributed by atoms with Crippen molar-refractivity contribution >= 4 is 51.4 Å². The molecule has 8 nitrogen and oxygen atoms in total. The summed E-state index contributed by atoms with van der Waals surface area (Å²) in [5.74, 6) is 1.12. The van der Waals surface area contributed by atoms with Gasteiger partial charge in [0.05, 0.1) is 6.21 Å². The number of benzene rings is 4. The summed E-state index contributed by atoms with van der Waals surface area (Å²) in [7, 11) is 0. The van der Waals surface area contributed by atoms with Gasteiger partial charge in [-0.15, -0.1) is 0 Å². The molecule has 0 saturated heterocycles. The molecule has 0 bridgehead atoms. The van der Waals surface area contributed by atoms with Crippen LogP contribution in [0.5, 0.6) is 5.75 Å². The molecule has 10 heteroatoms. The molecular formula is C29H23BrFN7O. The smallest absolute Gasteiger partial charge is 0.250 e. The van der Waals surface area contributed by atoms with Crippen LogP contribution in [0.25, 0.3) is 0 Å². The molecule has 0 saturated carbocycles. The van der Waals surface area contributed by atoms with Gasteiger partial charge < -0.3 is 15.4 Å². The summed E-state index contributed by atoms with van der Waals surface area (Å²) in [5, 5.41) is 10.7. The van der Waals surface area contributed by atoms with Gasteiger partial charge in [0.25, 0.3) is 0 Å². The molecule has 1 heterocycles. The van der Waals surface area contributed by atoms with E-state index in [1.54, 1.807) is 30.5 Å². The van der Waals surface area contributed by atoms with Crippen LogP contribution in [0.2, 0.25) is 0 Å². The van der Waals surface area contributed by atoms with Gasteiger partial charge >= 0.3 is 0 Å². The number of para-hydroxylation sites is 2. The number of aromatic nitrogens is 3. The number of hydrogen-bond acceptors (Lipinski definition) is 8. The van der Waals surface area contributed by atoms with Crippen LogP contribution >= 0.6 is 15.9 Å². The maximum Gasteiger partial charge on any atom is 0.250 e. The van der Waals surface area contributed by atoms with Crippen molar-refractivity contribution < 1.29 is 9.13 Å². The number of hydrogen-bond donors (Lipinski definition) is 3.